The lowest BCUT2D eigenvalue weighted by Gasteiger charge is -2.46. The molecule has 9 nitrogen and oxygen atoms in total. The van der Waals surface area contributed by atoms with Crippen molar-refractivity contribution >= 4 is 34.3 Å². The van der Waals surface area contributed by atoms with Gasteiger partial charge in [0.15, 0.2) is 0 Å². The van der Waals surface area contributed by atoms with Crippen molar-refractivity contribution in [2.24, 2.45) is 0 Å². The molecule has 5 rings (SSSR count). The first-order chi connectivity index (χ1) is 18.9. The molecule has 3 aromatic rings. The lowest BCUT2D eigenvalue weighted by atomic mass is 9.98. The number of nitrogens with zero attached hydrogens (tertiary/aromatic N) is 4. The summed E-state index contributed by atoms with van der Waals surface area (Å²) in [6, 6.07) is 21.1. The number of hydrogen-bond donors (Lipinski definition) is 2. The average Bonchev–Trinajstić information content (AvgIpc) is 3.29. The second-order valence-corrected chi connectivity index (χ2v) is 9.83. The third kappa shape index (κ3) is 5.05. The summed E-state index contributed by atoms with van der Waals surface area (Å²) in [6.45, 7) is 4.73. The molecule has 0 aliphatic carbocycles. The van der Waals surface area contributed by atoms with Gasteiger partial charge in [-0.25, -0.2) is 4.79 Å². The van der Waals surface area contributed by atoms with Crippen LogP contribution in [0.15, 0.2) is 79.4 Å². The van der Waals surface area contributed by atoms with Crippen LogP contribution in [-0.4, -0.2) is 83.6 Å². The zero-order valence-corrected chi connectivity index (χ0v) is 22.3. The van der Waals surface area contributed by atoms with Crippen LogP contribution < -0.4 is 10.6 Å². The summed E-state index contributed by atoms with van der Waals surface area (Å²) in [5.41, 5.74) is 2.97. The topological polar surface area (TPSA) is 88.2 Å². The van der Waals surface area contributed by atoms with E-state index in [9.17, 15) is 14.4 Å². The van der Waals surface area contributed by atoms with Gasteiger partial charge in [-0.2, -0.15) is 5.01 Å². The van der Waals surface area contributed by atoms with Crippen molar-refractivity contribution in [3.8, 4) is 0 Å². The van der Waals surface area contributed by atoms with Gasteiger partial charge >= 0.3 is 6.03 Å². The van der Waals surface area contributed by atoms with E-state index in [1.807, 2.05) is 60.5 Å². The second-order valence-electron chi connectivity index (χ2n) is 9.83. The number of carbonyl (C=O) groups is 3. The van der Waals surface area contributed by atoms with Crippen molar-refractivity contribution < 1.29 is 14.4 Å². The summed E-state index contributed by atoms with van der Waals surface area (Å²) < 4.78 is 0. The van der Waals surface area contributed by atoms with E-state index >= 15 is 0 Å². The van der Waals surface area contributed by atoms with Crippen LogP contribution in [-0.2, 0) is 22.6 Å². The number of amides is 4. The van der Waals surface area contributed by atoms with E-state index in [4.69, 9.17) is 0 Å². The molecule has 0 radical (unpaired) electrons. The molecule has 2 saturated heterocycles. The zero-order valence-electron chi connectivity index (χ0n) is 22.3. The van der Waals surface area contributed by atoms with Gasteiger partial charge in [0.05, 0.1) is 19.6 Å². The molecule has 0 aromatic heterocycles. The maximum absolute atomic E-state index is 14.1. The van der Waals surface area contributed by atoms with Crippen LogP contribution in [0.25, 0.3) is 10.8 Å². The Morgan fingerprint density at radius 3 is 2.51 bits per heavy atom. The minimum absolute atomic E-state index is 0.0104. The molecule has 2 atom stereocenters. The standard InChI is InChI=1S/C30H34N6O3/c1-4-16-34(30(39)32-3)35-20-28(37)36-26(17-21-12-14-24(31-2)15-13-21)29(38)33(19-27(35)36)18-23-10-7-9-22-8-5-6-11-25(22)23/h4-15,26-27,31H,1,16-20H2,2-3H3,(H,32,39)/t26-,27+/m0/s1. The van der Waals surface area contributed by atoms with E-state index in [2.05, 4.69) is 35.4 Å². The number of hydrogen-bond acceptors (Lipinski definition) is 5. The highest BCUT2D eigenvalue weighted by molar-refractivity contribution is 5.92. The molecule has 39 heavy (non-hydrogen) atoms. The lowest BCUT2D eigenvalue weighted by Crippen LogP contribution is -2.65. The average molecular weight is 527 g/mol. The van der Waals surface area contributed by atoms with Gasteiger partial charge in [0.2, 0.25) is 11.8 Å². The second kappa shape index (κ2) is 11.2. The maximum Gasteiger partial charge on any atom is 0.332 e. The number of benzene rings is 3. The Morgan fingerprint density at radius 1 is 1.05 bits per heavy atom. The normalized spacial score (nSPS) is 19.2. The monoisotopic (exact) mass is 526 g/mol. The Bertz CT molecular complexity index is 1390. The molecule has 3 aromatic carbocycles. The minimum Gasteiger partial charge on any atom is -0.388 e. The summed E-state index contributed by atoms with van der Waals surface area (Å²) in [4.78, 5) is 43.8. The summed E-state index contributed by atoms with van der Waals surface area (Å²) in [7, 11) is 3.41. The molecule has 2 N–H and O–H groups in total. The van der Waals surface area contributed by atoms with Crippen LogP contribution in [0.5, 0.6) is 0 Å². The molecule has 2 aliphatic rings. The van der Waals surface area contributed by atoms with Crippen LogP contribution >= 0.6 is 0 Å². The van der Waals surface area contributed by atoms with Crippen LogP contribution in [0.1, 0.15) is 11.1 Å². The van der Waals surface area contributed by atoms with Crippen LogP contribution in [0, 0.1) is 0 Å². The number of piperazine rings is 1. The van der Waals surface area contributed by atoms with E-state index in [1.165, 1.54) is 5.01 Å². The third-order valence-electron chi connectivity index (χ3n) is 7.54. The number of anilines is 1. The fourth-order valence-electron chi connectivity index (χ4n) is 5.61. The molecule has 2 fully saturated rings. The van der Waals surface area contributed by atoms with Crippen LogP contribution in [0.4, 0.5) is 10.5 Å². The van der Waals surface area contributed by atoms with E-state index < -0.39 is 12.2 Å². The van der Waals surface area contributed by atoms with E-state index in [-0.39, 0.29) is 37.5 Å². The first-order valence-electron chi connectivity index (χ1n) is 13.1. The van der Waals surface area contributed by atoms with Crippen molar-refractivity contribution in [2.45, 2.75) is 25.2 Å². The van der Waals surface area contributed by atoms with E-state index in [1.54, 1.807) is 23.0 Å². The molecule has 2 heterocycles. The van der Waals surface area contributed by atoms with Gasteiger partial charge < -0.3 is 20.4 Å². The smallest absolute Gasteiger partial charge is 0.332 e. The maximum atomic E-state index is 14.1. The Hall–Kier alpha value is -4.37. The molecule has 0 bridgehead atoms. The highest BCUT2D eigenvalue weighted by Crippen LogP contribution is 2.31. The molecule has 9 heteroatoms. The molecular weight excluding hydrogens is 492 g/mol. The Kier molecular flexibility index (Phi) is 7.51. The van der Waals surface area contributed by atoms with E-state index in [0.717, 1.165) is 27.6 Å². The highest BCUT2D eigenvalue weighted by Gasteiger charge is 2.52. The van der Waals surface area contributed by atoms with E-state index in [0.29, 0.717) is 13.0 Å². The number of rotatable bonds is 8. The van der Waals surface area contributed by atoms with Gasteiger partial charge in [0, 0.05) is 32.7 Å². The van der Waals surface area contributed by atoms with Gasteiger partial charge in [-0.15, -0.1) is 6.58 Å². The Labute approximate surface area is 228 Å². The van der Waals surface area contributed by atoms with Gasteiger partial charge in [-0.05, 0) is 34.0 Å². The number of carbonyl (C=O) groups excluding carboxylic acids is 3. The number of urea groups is 1. The molecule has 0 spiro atoms. The lowest BCUT2D eigenvalue weighted by molar-refractivity contribution is -0.157. The van der Waals surface area contributed by atoms with Crippen LogP contribution in [0.3, 0.4) is 0 Å². The van der Waals surface area contributed by atoms with Gasteiger partial charge in [-0.1, -0.05) is 60.7 Å². The number of fused-ring (bicyclic) bond motifs is 2. The third-order valence-corrected chi connectivity index (χ3v) is 7.54. The predicted octanol–water partition coefficient (Wildman–Crippen LogP) is 3.05. The SMILES string of the molecule is C=CCN(C(=O)NC)N1CC(=O)N2[C@@H](Cc3ccc(NC)cc3)C(=O)N(Cc3cccc4ccccc34)C[C@@H]21. The van der Waals surface area contributed by atoms with Gasteiger partial charge in [-0.3, -0.25) is 14.6 Å². The van der Waals surface area contributed by atoms with Crippen molar-refractivity contribution in [1.82, 2.24) is 25.1 Å². The van der Waals surface area contributed by atoms with Crippen molar-refractivity contribution in [3.05, 3.63) is 90.5 Å². The molecule has 2 aliphatic heterocycles. The number of hydrazine groups is 1. The van der Waals surface area contributed by atoms with Gasteiger partial charge in [0.25, 0.3) is 0 Å². The van der Waals surface area contributed by atoms with Crippen molar-refractivity contribution in [3.63, 3.8) is 0 Å². The molecule has 0 unspecified atom stereocenters. The fraction of sp³-hybridized carbons (Fsp3) is 0.300. The molecule has 0 saturated carbocycles. The Morgan fingerprint density at radius 2 is 1.79 bits per heavy atom. The van der Waals surface area contributed by atoms with Crippen molar-refractivity contribution in [1.29, 1.82) is 0 Å². The predicted molar refractivity (Wildman–Crippen MR) is 152 cm³/mol. The summed E-state index contributed by atoms with van der Waals surface area (Å²) in [5.74, 6) is -0.268. The highest BCUT2D eigenvalue weighted by atomic mass is 16.2. The first-order valence-corrected chi connectivity index (χ1v) is 13.1. The summed E-state index contributed by atoms with van der Waals surface area (Å²) in [6.07, 6.45) is 1.53. The van der Waals surface area contributed by atoms with Crippen molar-refractivity contribution in [2.75, 3.05) is 39.0 Å². The summed E-state index contributed by atoms with van der Waals surface area (Å²) in [5, 5.41) is 11.2. The number of nitrogens with one attached hydrogen (secondary N) is 2. The largest absolute Gasteiger partial charge is 0.388 e. The quantitative estimate of drug-likeness (QED) is 0.441. The molecule has 202 valence electrons. The van der Waals surface area contributed by atoms with Crippen LogP contribution in [0.2, 0.25) is 0 Å². The zero-order chi connectivity index (χ0) is 27.5. The summed E-state index contributed by atoms with van der Waals surface area (Å²) >= 11 is 0. The minimum atomic E-state index is -0.688. The Balaban J connectivity index is 1.52. The molecule has 4 amide bonds. The first kappa shape index (κ1) is 26.2. The molecular formula is C30H34N6O3. The van der Waals surface area contributed by atoms with Gasteiger partial charge in [0.1, 0.15) is 12.2 Å². The fourth-order valence-corrected chi connectivity index (χ4v) is 5.61.